The summed E-state index contributed by atoms with van der Waals surface area (Å²) in [4.78, 5) is 0.160. The van der Waals surface area contributed by atoms with E-state index in [9.17, 15) is 8.42 Å². The number of sulfonamides is 1. The van der Waals surface area contributed by atoms with Gasteiger partial charge in [0.1, 0.15) is 4.90 Å². The molecule has 0 saturated heterocycles. The van der Waals surface area contributed by atoms with Gasteiger partial charge in [-0.1, -0.05) is 18.9 Å². The van der Waals surface area contributed by atoms with Crippen LogP contribution in [0.15, 0.2) is 39.7 Å². The molecule has 2 aromatic carbocycles. The summed E-state index contributed by atoms with van der Waals surface area (Å²) in [5.74, 6) is 2.15. The van der Waals surface area contributed by atoms with Gasteiger partial charge in [-0.25, -0.2) is 8.42 Å². The number of nitrogens with zero attached hydrogens (tertiary/aromatic N) is 1. The van der Waals surface area contributed by atoms with Crippen molar-refractivity contribution in [1.82, 2.24) is 4.31 Å². The van der Waals surface area contributed by atoms with Gasteiger partial charge in [0, 0.05) is 23.1 Å². The lowest BCUT2D eigenvalue weighted by Crippen LogP contribution is -2.38. The minimum Gasteiger partial charge on any atom is -0.493 e. The molecule has 9 heteroatoms. The standard InChI is InChI=1S/C21H24BrNO6S/c1-26-18-10-16(22)21(11-19(18)27-2)30(24,25)23(15-5-3-4-6-15)12-14-7-8-17-20(9-14)29-13-28-17/h7-11,15H,3-6,12-13H2,1-2H3. The third-order valence-corrected chi connectivity index (χ3v) is 8.39. The van der Waals surface area contributed by atoms with Crippen molar-refractivity contribution in [2.75, 3.05) is 21.0 Å². The molecule has 0 amide bonds. The molecule has 1 fully saturated rings. The van der Waals surface area contributed by atoms with E-state index in [4.69, 9.17) is 18.9 Å². The van der Waals surface area contributed by atoms with E-state index in [1.54, 1.807) is 10.4 Å². The maximum atomic E-state index is 13.8. The van der Waals surface area contributed by atoms with Crippen molar-refractivity contribution in [1.29, 1.82) is 0 Å². The first kappa shape index (κ1) is 21.3. The van der Waals surface area contributed by atoms with Crippen LogP contribution in [0.1, 0.15) is 31.2 Å². The fraction of sp³-hybridized carbons (Fsp3) is 0.429. The van der Waals surface area contributed by atoms with Crippen LogP contribution in [0.3, 0.4) is 0 Å². The van der Waals surface area contributed by atoms with Crippen molar-refractivity contribution in [2.45, 2.75) is 43.2 Å². The summed E-state index contributed by atoms with van der Waals surface area (Å²) >= 11 is 3.41. The molecular formula is C21H24BrNO6S. The molecule has 1 aliphatic heterocycles. The second-order valence-corrected chi connectivity index (χ2v) is 10.0. The number of rotatable bonds is 7. The van der Waals surface area contributed by atoms with Gasteiger partial charge in [0.05, 0.1) is 14.2 Å². The number of methoxy groups -OCH3 is 2. The molecule has 0 radical (unpaired) electrons. The first-order valence-electron chi connectivity index (χ1n) is 9.76. The summed E-state index contributed by atoms with van der Waals surface area (Å²) < 4.78 is 51.1. The second-order valence-electron chi connectivity index (χ2n) is 7.31. The Labute approximate surface area is 185 Å². The smallest absolute Gasteiger partial charge is 0.244 e. The van der Waals surface area contributed by atoms with Gasteiger partial charge in [0.15, 0.2) is 23.0 Å². The Morgan fingerprint density at radius 1 is 1.03 bits per heavy atom. The Bertz CT molecular complexity index is 1040. The molecule has 0 bridgehead atoms. The predicted octanol–water partition coefficient (Wildman–Crippen LogP) is 4.33. The Morgan fingerprint density at radius 2 is 1.70 bits per heavy atom. The largest absolute Gasteiger partial charge is 0.493 e. The first-order valence-corrected chi connectivity index (χ1v) is 12.0. The average Bonchev–Trinajstić information content (AvgIpc) is 3.42. The molecule has 162 valence electrons. The number of fused-ring (bicyclic) bond motifs is 1. The van der Waals surface area contributed by atoms with Crippen molar-refractivity contribution in [3.63, 3.8) is 0 Å². The van der Waals surface area contributed by atoms with E-state index in [0.29, 0.717) is 27.5 Å². The Balaban J connectivity index is 1.73. The molecule has 1 saturated carbocycles. The van der Waals surface area contributed by atoms with Crippen LogP contribution in [0.4, 0.5) is 0 Å². The third-order valence-electron chi connectivity index (χ3n) is 5.53. The number of hydrogen-bond donors (Lipinski definition) is 0. The highest BCUT2D eigenvalue weighted by Gasteiger charge is 2.35. The van der Waals surface area contributed by atoms with Crippen LogP contribution in [0, 0.1) is 0 Å². The number of hydrogen-bond acceptors (Lipinski definition) is 6. The van der Waals surface area contributed by atoms with Crippen LogP contribution < -0.4 is 18.9 Å². The highest BCUT2D eigenvalue weighted by atomic mass is 79.9. The maximum absolute atomic E-state index is 13.8. The van der Waals surface area contributed by atoms with E-state index >= 15 is 0 Å². The highest BCUT2D eigenvalue weighted by Crippen LogP contribution is 2.40. The van der Waals surface area contributed by atoms with Gasteiger partial charge in [0.25, 0.3) is 0 Å². The third kappa shape index (κ3) is 3.98. The van der Waals surface area contributed by atoms with Gasteiger partial charge < -0.3 is 18.9 Å². The molecule has 0 atom stereocenters. The molecule has 1 aliphatic carbocycles. The molecular weight excluding hydrogens is 474 g/mol. The van der Waals surface area contributed by atoms with E-state index in [0.717, 1.165) is 31.2 Å². The quantitative estimate of drug-likeness (QED) is 0.566. The van der Waals surface area contributed by atoms with E-state index in [1.807, 2.05) is 18.2 Å². The molecule has 7 nitrogen and oxygen atoms in total. The topological polar surface area (TPSA) is 74.3 Å². The minimum absolute atomic E-state index is 0.0552. The zero-order valence-corrected chi connectivity index (χ0v) is 19.3. The van der Waals surface area contributed by atoms with Crippen LogP contribution >= 0.6 is 15.9 Å². The average molecular weight is 498 g/mol. The summed E-state index contributed by atoms with van der Waals surface area (Å²) in [5, 5.41) is 0. The molecule has 0 spiro atoms. The van der Waals surface area contributed by atoms with Gasteiger partial charge in [-0.05, 0) is 52.5 Å². The van der Waals surface area contributed by atoms with Gasteiger partial charge in [-0.2, -0.15) is 4.31 Å². The number of benzene rings is 2. The summed E-state index contributed by atoms with van der Waals surface area (Å²) in [7, 11) is -0.800. The van der Waals surface area contributed by atoms with E-state index in [-0.39, 0.29) is 24.3 Å². The van der Waals surface area contributed by atoms with Crippen LogP contribution in [0.2, 0.25) is 0 Å². The van der Waals surface area contributed by atoms with Crippen LogP contribution in [0.5, 0.6) is 23.0 Å². The first-order chi connectivity index (χ1) is 14.4. The van der Waals surface area contributed by atoms with Gasteiger partial charge in [-0.15, -0.1) is 0 Å². The number of ether oxygens (including phenoxy) is 4. The maximum Gasteiger partial charge on any atom is 0.244 e. The zero-order chi connectivity index (χ0) is 21.3. The normalized spacial score (nSPS) is 16.3. The lowest BCUT2D eigenvalue weighted by molar-refractivity contribution is 0.174. The van der Waals surface area contributed by atoms with Crippen molar-refractivity contribution in [3.05, 3.63) is 40.4 Å². The van der Waals surface area contributed by atoms with Crippen molar-refractivity contribution >= 4 is 26.0 Å². The SMILES string of the molecule is COc1cc(Br)c(S(=O)(=O)N(Cc2ccc3c(c2)OCO3)C2CCCC2)cc1OC. The number of halogens is 1. The van der Waals surface area contributed by atoms with E-state index in [2.05, 4.69) is 15.9 Å². The van der Waals surface area contributed by atoms with Crippen molar-refractivity contribution in [2.24, 2.45) is 0 Å². The van der Waals surface area contributed by atoms with Crippen molar-refractivity contribution in [3.8, 4) is 23.0 Å². The predicted molar refractivity (Wildman–Crippen MR) is 115 cm³/mol. The minimum atomic E-state index is -3.81. The van der Waals surface area contributed by atoms with E-state index in [1.165, 1.54) is 20.3 Å². The summed E-state index contributed by atoms with van der Waals surface area (Å²) in [5.41, 5.74) is 0.853. The zero-order valence-electron chi connectivity index (χ0n) is 16.9. The molecule has 30 heavy (non-hydrogen) atoms. The monoisotopic (exact) mass is 497 g/mol. The molecule has 1 heterocycles. The molecule has 0 N–H and O–H groups in total. The van der Waals surface area contributed by atoms with Crippen LogP contribution in [0.25, 0.3) is 0 Å². The molecule has 4 rings (SSSR count). The molecule has 2 aliphatic rings. The highest BCUT2D eigenvalue weighted by molar-refractivity contribution is 9.10. The van der Waals surface area contributed by atoms with Gasteiger partial charge in [-0.3, -0.25) is 0 Å². The molecule has 2 aromatic rings. The molecule has 0 aromatic heterocycles. The van der Waals surface area contributed by atoms with Crippen LogP contribution in [-0.2, 0) is 16.6 Å². The fourth-order valence-corrected chi connectivity index (χ4v) is 6.65. The Hall–Kier alpha value is -1.97. The summed E-state index contributed by atoms with van der Waals surface area (Å²) in [6, 6.07) is 8.64. The van der Waals surface area contributed by atoms with Gasteiger partial charge in [0.2, 0.25) is 16.8 Å². The summed E-state index contributed by atoms with van der Waals surface area (Å²) in [6.07, 6.45) is 3.72. The van der Waals surface area contributed by atoms with E-state index < -0.39 is 10.0 Å². The Kier molecular flexibility index (Phi) is 6.13. The van der Waals surface area contributed by atoms with Gasteiger partial charge >= 0.3 is 0 Å². The lowest BCUT2D eigenvalue weighted by Gasteiger charge is -2.29. The fourth-order valence-electron chi connectivity index (χ4n) is 3.98. The molecule has 0 unspecified atom stereocenters. The lowest BCUT2D eigenvalue weighted by atomic mass is 10.1. The Morgan fingerprint density at radius 3 is 2.40 bits per heavy atom. The van der Waals surface area contributed by atoms with Crippen LogP contribution in [-0.4, -0.2) is 39.8 Å². The van der Waals surface area contributed by atoms with Crippen molar-refractivity contribution < 1.29 is 27.4 Å². The summed E-state index contributed by atoms with van der Waals surface area (Å²) in [6.45, 7) is 0.437. The second kappa shape index (κ2) is 8.64.